The molecule has 26 heavy (non-hydrogen) atoms. The summed E-state index contributed by atoms with van der Waals surface area (Å²) in [6.45, 7) is 1.72. The van der Waals surface area contributed by atoms with Gasteiger partial charge in [0.2, 0.25) is 0 Å². The molecule has 1 amide bonds. The molecule has 1 heterocycles. The molecule has 0 fully saturated rings. The second-order valence-corrected chi connectivity index (χ2v) is 6.20. The highest BCUT2D eigenvalue weighted by atomic mass is 32.2. The van der Waals surface area contributed by atoms with Crippen LogP contribution in [0.15, 0.2) is 41.6 Å². The number of carbonyl (C=O) groups is 2. The van der Waals surface area contributed by atoms with Crippen LogP contribution in [0.5, 0.6) is 0 Å². The Bertz CT molecular complexity index is 825. The van der Waals surface area contributed by atoms with E-state index in [0.717, 1.165) is 0 Å². The molecule has 2 rings (SSSR count). The number of anilines is 1. The van der Waals surface area contributed by atoms with Gasteiger partial charge in [-0.3, -0.25) is 4.79 Å². The molecule has 0 atom stereocenters. The van der Waals surface area contributed by atoms with Crippen molar-refractivity contribution in [2.24, 2.45) is 0 Å². The number of hydrogen-bond donors (Lipinski definition) is 1. The van der Waals surface area contributed by atoms with Gasteiger partial charge in [0, 0.05) is 11.9 Å². The number of benzene rings is 1. The third kappa shape index (κ3) is 5.22. The van der Waals surface area contributed by atoms with Crippen LogP contribution in [0, 0.1) is 6.92 Å². The molecule has 0 saturated carbocycles. The number of pyridine rings is 1. The molecule has 0 aliphatic heterocycles. The third-order valence-corrected chi connectivity index (χ3v) is 4.37. The van der Waals surface area contributed by atoms with E-state index < -0.39 is 23.8 Å². The Kier molecular flexibility index (Phi) is 6.25. The minimum atomic E-state index is -4.37. The van der Waals surface area contributed by atoms with Crippen LogP contribution in [-0.4, -0.2) is 35.9 Å². The second kappa shape index (κ2) is 8.22. The van der Waals surface area contributed by atoms with Gasteiger partial charge in [0.15, 0.2) is 0 Å². The highest BCUT2D eigenvalue weighted by molar-refractivity contribution is 7.99. The van der Waals surface area contributed by atoms with Gasteiger partial charge in [0.25, 0.3) is 5.91 Å². The number of nitrogens with one attached hydrogen (secondary N) is 1. The number of carbonyl (C=O) groups excluding carboxylic acids is 2. The number of aryl methyl sites for hydroxylation is 1. The number of amides is 1. The number of rotatable bonds is 5. The zero-order chi connectivity index (χ0) is 19.3. The minimum Gasteiger partial charge on any atom is -0.465 e. The van der Waals surface area contributed by atoms with Crippen molar-refractivity contribution in [3.8, 4) is 0 Å². The summed E-state index contributed by atoms with van der Waals surface area (Å²) in [5.74, 6) is -2.34. The highest BCUT2D eigenvalue weighted by Crippen LogP contribution is 2.28. The van der Waals surface area contributed by atoms with Crippen molar-refractivity contribution >= 4 is 29.3 Å². The van der Waals surface area contributed by atoms with Gasteiger partial charge < -0.3 is 10.1 Å². The lowest BCUT2D eigenvalue weighted by molar-refractivity contribution is -0.105. The zero-order valence-electron chi connectivity index (χ0n) is 13.9. The summed E-state index contributed by atoms with van der Waals surface area (Å²) in [6, 6.07) is 7.47. The number of alkyl halides is 3. The fourth-order valence-electron chi connectivity index (χ4n) is 2.02. The van der Waals surface area contributed by atoms with E-state index in [0.29, 0.717) is 23.0 Å². The first-order valence-electron chi connectivity index (χ1n) is 7.36. The summed E-state index contributed by atoms with van der Waals surface area (Å²) < 4.78 is 41.9. The zero-order valence-corrected chi connectivity index (χ0v) is 14.7. The smallest absolute Gasteiger partial charge is 0.398 e. The first kappa shape index (κ1) is 19.8. The summed E-state index contributed by atoms with van der Waals surface area (Å²) in [5, 5.41) is 2.58. The van der Waals surface area contributed by atoms with Gasteiger partial charge in [-0.05, 0) is 36.8 Å². The summed E-state index contributed by atoms with van der Waals surface area (Å²) in [4.78, 5) is 28.0. The van der Waals surface area contributed by atoms with Gasteiger partial charge in [-0.25, -0.2) is 9.78 Å². The average Bonchev–Trinajstić information content (AvgIpc) is 2.60. The van der Waals surface area contributed by atoms with E-state index in [1.807, 2.05) is 0 Å². The lowest BCUT2D eigenvalue weighted by atomic mass is 10.1. The van der Waals surface area contributed by atoms with Crippen molar-refractivity contribution in [2.75, 3.05) is 18.2 Å². The molecule has 138 valence electrons. The van der Waals surface area contributed by atoms with E-state index in [2.05, 4.69) is 15.0 Å². The van der Waals surface area contributed by atoms with Crippen molar-refractivity contribution in [3.05, 3.63) is 53.2 Å². The summed E-state index contributed by atoms with van der Waals surface area (Å²) in [6.07, 6.45) is -3.06. The molecule has 1 aromatic carbocycles. The number of methoxy groups -OCH3 is 1. The number of esters is 1. The molecular weight excluding hydrogens is 369 g/mol. The first-order valence-corrected chi connectivity index (χ1v) is 8.34. The van der Waals surface area contributed by atoms with Crippen LogP contribution in [0.3, 0.4) is 0 Å². The molecule has 0 aliphatic rings. The Morgan fingerprint density at radius 3 is 2.65 bits per heavy atom. The van der Waals surface area contributed by atoms with Crippen molar-refractivity contribution in [1.82, 2.24) is 4.98 Å². The molecule has 9 heteroatoms. The van der Waals surface area contributed by atoms with Crippen LogP contribution in [-0.2, 0) is 4.74 Å². The molecule has 0 aliphatic carbocycles. The van der Waals surface area contributed by atoms with Crippen LogP contribution >= 0.6 is 11.8 Å². The fourth-order valence-corrected chi connectivity index (χ4v) is 2.77. The highest BCUT2D eigenvalue weighted by Gasteiger charge is 2.28. The third-order valence-electron chi connectivity index (χ3n) is 3.30. The van der Waals surface area contributed by atoms with Gasteiger partial charge in [-0.2, -0.15) is 13.2 Å². The normalized spacial score (nSPS) is 11.1. The topological polar surface area (TPSA) is 68.3 Å². The second-order valence-electron chi connectivity index (χ2n) is 5.24. The number of hydrogen-bond acceptors (Lipinski definition) is 5. The minimum absolute atomic E-state index is 0.0182. The Hall–Kier alpha value is -2.55. The Balaban J connectivity index is 2.24. The van der Waals surface area contributed by atoms with Crippen LogP contribution in [0.25, 0.3) is 0 Å². The number of aromatic nitrogens is 1. The molecule has 0 radical (unpaired) electrons. The fraction of sp³-hybridized carbons (Fsp3) is 0.235. The number of halogens is 3. The molecule has 1 aromatic heterocycles. The van der Waals surface area contributed by atoms with Crippen molar-refractivity contribution in [1.29, 1.82) is 0 Å². The molecule has 0 unspecified atom stereocenters. The van der Waals surface area contributed by atoms with Crippen LogP contribution in [0.2, 0.25) is 0 Å². The summed E-state index contributed by atoms with van der Waals surface area (Å²) in [5.41, 5.74) is 1.30. The van der Waals surface area contributed by atoms with E-state index in [9.17, 15) is 22.8 Å². The lowest BCUT2D eigenvalue weighted by Gasteiger charge is -2.12. The maximum absolute atomic E-state index is 12.5. The van der Waals surface area contributed by atoms with Gasteiger partial charge in [0.05, 0.1) is 24.0 Å². The number of thioether (sulfide) groups is 1. The number of ether oxygens (including phenoxy) is 1. The van der Waals surface area contributed by atoms with Crippen LogP contribution in [0.1, 0.15) is 26.3 Å². The maximum atomic E-state index is 12.5. The molecule has 2 aromatic rings. The van der Waals surface area contributed by atoms with Crippen LogP contribution in [0.4, 0.5) is 18.9 Å². The van der Waals surface area contributed by atoms with Crippen molar-refractivity contribution in [3.63, 3.8) is 0 Å². The van der Waals surface area contributed by atoms with Crippen molar-refractivity contribution < 1.29 is 27.5 Å². The van der Waals surface area contributed by atoms with Gasteiger partial charge in [0.1, 0.15) is 5.03 Å². The molecule has 0 bridgehead atoms. The molecule has 0 saturated heterocycles. The van der Waals surface area contributed by atoms with E-state index in [4.69, 9.17) is 0 Å². The quantitative estimate of drug-likeness (QED) is 0.621. The maximum Gasteiger partial charge on any atom is 0.398 e. The van der Waals surface area contributed by atoms with E-state index in [1.54, 1.807) is 19.1 Å². The van der Waals surface area contributed by atoms with Crippen LogP contribution < -0.4 is 5.32 Å². The Morgan fingerprint density at radius 2 is 2.00 bits per heavy atom. The van der Waals surface area contributed by atoms with Gasteiger partial charge in [-0.15, -0.1) is 0 Å². The van der Waals surface area contributed by atoms with E-state index in [1.165, 1.54) is 31.5 Å². The SMILES string of the molecule is COC(=O)c1ccc(C)c(NC(=O)c2cccnc2SCC(F)(F)F)c1. The van der Waals surface area contributed by atoms with Gasteiger partial charge >= 0.3 is 12.1 Å². The predicted molar refractivity (Wildman–Crippen MR) is 91.5 cm³/mol. The number of nitrogens with zero attached hydrogens (tertiary/aromatic N) is 1. The van der Waals surface area contributed by atoms with Gasteiger partial charge in [-0.1, -0.05) is 17.8 Å². The molecular formula is C17H15F3N2O3S. The summed E-state index contributed by atoms with van der Waals surface area (Å²) in [7, 11) is 1.24. The average molecular weight is 384 g/mol. The Labute approximate surface area is 152 Å². The largest absolute Gasteiger partial charge is 0.465 e. The first-order chi connectivity index (χ1) is 12.2. The summed E-state index contributed by atoms with van der Waals surface area (Å²) >= 11 is 0.438. The lowest BCUT2D eigenvalue weighted by Crippen LogP contribution is -2.16. The standard InChI is InChI=1S/C17H15F3N2O3S/c1-10-5-6-11(16(24)25-2)8-13(10)22-14(23)12-4-3-7-21-15(12)26-9-17(18,19)20/h3-8H,9H2,1-2H3,(H,22,23). The molecule has 0 spiro atoms. The van der Waals surface area contributed by atoms with Crippen molar-refractivity contribution in [2.45, 2.75) is 18.1 Å². The Morgan fingerprint density at radius 1 is 1.27 bits per heavy atom. The molecule has 1 N–H and O–H groups in total. The molecule has 5 nitrogen and oxygen atoms in total. The monoisotopic (exact) mass is 384 g/mol. The van der Waals surface area contributed by atoms with E-state index >= 15 is 0 Å². The van der Waals surface area contributed by atoms with E-state index in [-0.39, 0.29) is 16.2 Å². The predicted octanol–water partition coefficient (Wildman–Crippen LogP) is 4.08.